The van der Waals surface area contributed by atoms with Crippen molar-refractivity contribution in [2.45, 2.75) is 25.9 Å². The van der Waals surface area contributed by atoms with Gasteiger partial charge in [-0.3, -0.25) is 4.79 Å². The molecule has 17 heavy (non-hydrogen) atoms. The quantitative estimate of drug-likeness (QED) is 0.660. The molecule has 0 radical (unpaired) electrons. The molecule has 0 aromatic carbocycles. The van der Waals surface area contributed by atoms with Crippen molar-refractivity contribution in [1.29, 1.82) is 0 Å². The molecule has 0 saturated carbocycles. The van der Waals surface area contributed by atoms with Gasteiger partial charge in [-0.1, -0.05) is 6.92 Å². The van der Waals surface area contributed by atoms with Crippen LogP contribution in [-0.2, 0) is 19.1 Å². The highest BCUT2D eigenvalue weighted by atomic mass is 16.5. The summed E-state index contributed by atoms with van der Waals surface area (Å²) in [6.07, 6.45) is 2.11. The van der Waals surface area contributed by atoms with Gasteiger partial charge in [0.25, 0.3) is 0 Å². The van der Waals surface area contributed by atoms with E-state index < -0.39 is 12.6 Å². The van der Waals surface area contributed by atoms with Gasteiger partial charge in [-0.15, -0.1) is 0 Å². The largest absolute Gasteiger partial charge is 0.480 e. The first kappa shape index (κ1) is 13.9. The number of aliphatic carboxylic acids is 1. The van der Waals surface area contributed by atoms with E-state index in [1.807, 2.05) is 0 Å². The maximum Gasteiger partial charge on any atom is 0.329 e. The second-order valence-corrected chi connectivity index (χ2v) is 4.06. The van der Waals surface area contributed by atoms with Crippen LogP contribution in [0.5, 0.6) is 0 Å². The molecule has 6 nitrogen and oxygen atoms in total. The Balaban J connectivity index is 2.12. The minimum atomic E-state index is -1.08. The van der Waals surface area contributed by atoms with E-state index in [4.69, 9.17) is 9.84 Å². The van der Waals surface area contributed by atoms with E-state index in [1.54, 1.807) is 0 Å². The third-order valence-corrected chi connectivity index (χ3v) is 2.77. The van der Waals surface area contributed by atoms with Crippen LogP contribution < -0.4 is 5.32 Å². The van der Waals surface area contributed by atoms with Gasteiger partial charge in [0.2, 0.25) is 5.91 Å². The third kappa shape index (κ3) is 5.14. The summed E-state index contributed by atoms with van der Waals surface area (Å²) in [4.78, 5) is 21.5. The number of ether oxygens (including phenoxy) is 2. The number of carbonyl (C=O) groups excluding carboxylic acids is 1. The Hall–Kier alpha value is -1.14. The lowest BCUT2D eigenvalue weighted by atomic mass is 10.00. The predicted octanol–water partition coefficient (Wildman–Crippen LogP) is 0.0189. The summed E-state index contributed by atoms with van der Waals surface area (Å²) in [7, 11) is 0. The Morgan fingerprint density at radius 1 is 1.47 bits per heavy atom. The summed E-state index contributed by atoms with van der Waals surface area (Å²) in [5.41, 5.74) is 0. The maximum absolute atomic E-state index is 11.3. The average Bonchev–Trinajstić information content (AvgIpc) is 2.73. The lowest BCUT2D eigenvalue weighted by molar-refractivity contribution is -0.143. The normalized spacial score (nSPS) is 23.6. The van der Waals surface area contributed by atoms with Crippen molar-refractivity contribution < 1.29 is 24.2 Å². The van der Waals surface area contributed by atoms with Gasteiger partial charge in [0, 0.05) is 19.1 Å². The fraction of sp³-hybridized carbons (Fsp3) is 0.818. The first-order valence-corrected chi connectivity index (χ1v) is 5.81. The zero-order valence-electron chi connectivity index (χ0n) is 9.98. The Morgan fingerprint density at radius 2 is 2.24 bits per heavy atom. The number of carbonyl (C=O) groups is 2. The van der Waals surface area contributed by atoms with Gasteiger partial charge < -0.3 is 19.9 Å². The zero-order chi connectivity index (χ0) is 12.7. The molecule has 2 unspecified atom stereocenters. The number of hydrogen-bond donors (Lipinski definition) is 2. The monoisotopic (exact) mass is 245 g/mol. The summed E-state index contributed by atoms with van der Waals surface area (Å²) in [6, 6.07) is 0. The van der Waals surface area contributed by atoms with E-state index in [-0.39, 0.29) is 18.6 Å². The van der Waals surface area contributed by atoms with Crippen LogP contribution in [0.15, 0.2) is 0 Å². The molecule has 1 fully saturated rings. The number of nitrogens with one attached hydrogen (secondary N) is 1. The van der Waals surface area contributed by atoms with Crippen molar-refractivity contribution in [2.75, 3.05) is 26.4 Å². The van der Waals surface area contributed by atoms with E-state index in [0.717, 1.165) is 19.4 Å². The Morgan fingerprint density at radius 3 is 2.88 bits per heavy atom. The molecule has 0 aliphatic carbocycles. The van der Waals surface area contributed by atoms with Crippen molar-refractivity contribution in [3.63, 3.8) is 0 Å². The van der Waals surface area contributed by atoms with Gasteiger partial charge in [0.05, 0.1) is 6.10 Å². The zero-order valence-corrected chi connectivity index (χ0v) is 9.98. The predicted molar refractivity (Wildman–Crippen MR) is 59.6 cm³/mol. The van der Waals surface area contributed by atoms with E-state index in [9.17, 15) is 9.59 Å². The molecule has 2 atom stereocenters. The van der Waals surface area contributed by atoms with Crippen LogP contribution in [0, 0.1) is 5.92 Å². The molecule has 1 rings (SSSR count). The van der Waals surface area contributed by atoms with Crippen molar-refractivity contribution in [1.82, 2.24) is 5.32 Å². The standard InChI is InChI=1S/C11H19NO5/c1-2-9-8(3-4-17-9)5-12-10(13)6-16-7-11(14)15/h8-9H,2-7H2,1H3,(H,12,13)(H,14,15). The highest BCUT2D eigenvalue weighted by molar-refractivity contribution is 5.77. The van der Waals surface area contributed by atoms with Gasteiger partial charge in [-0.2, -0.15) is 0 Å². The van der Waals surface area contributed by atoms with E-state index in [2.05, 4.69) is 17.0 Å². The number of carboxylic acid groups (broad SMARTS) is 1. The van der Waals surface area contributed by atoms with E-state index in [0.29, 0.717) is 12.5 Å². The molecular weight excluding hydrogens is 226 g/mol. The lowest BCUT2D eigenvalue weighted by Crippen LogP contribution is -2.35. The highest BCUT2D eigenvalue weighted by Gasteiger charge is 2.26. The smallest absolute Gasteiger partial charge is 0.329 e. The summed E-state index contributed by atoms with van der Waals surface area (Å²) in [5.74, 6) is -1.01. The van der Waals surface area contributed by atoms with E-state index >= 15 is 0 Å². The lowest BCUT2D eigenvalue weighted by Gasteiger charge is -2.17. The van der Waals surface area contributed by atoms with Gasteiger partial charge in [0.15, 0.2) is 0 Å². The Kier molecular flexibility index (Phi) is 5.93. The van der Waals surface area contributed by atoms with Gasteiger partial charge in [-0.05, 0) is 12.8 Å². The molecule has 0 bridgehead atoms. The molecule has 1 saturated heterocycles. The molecule has 1 amide bonds. The SMILES string of the molecule is CCC1OCCC1CNC(=O)COCC(=O)O. The van der Waals surface area contributed by atoms with Gasteiger partial charge in [-0.25, -0.2) is 4.79 Å². The topological polar surface area (TPSA) is 84.9 Å². The fourth-order valence-corrected chi connectivity index (χ4v) is 1.90. The van der Waals surface area contributed by atoms with Crippen LogP contribution in [0.4, 0.5) is 0 Å². The first-order valence-electron chi connectivity index (χ1n) is 5.81. The van der Waals surface area contributed by atoms with Gasteiger partial charge in [0.1, 0.15) is 13.2 Å². The third-order valence-electron chi connectivity index (χ3n) is 2.77. The second kappa shape index (κ2) is 7.24. The van der Waals surface area contributed by atoms with Crippen LogP contribution in [-0.4, -0.2) is 49.5 Å². The summed E-state index contributed by atoms with van der Waals surface area (Å²) >= 11 is 0. The van der Waals surface area contributed by atoms with Crippen molar-refractivity contribution in [2.24, 2.45) is 5.92 Å². The molecular formula is C11H19NO5. The fourth-order valence-electron chi connectivity index (χ4n) is 1.90. The molecule has 0 aromatic heterocycles. The van der Waals surface area contributed by atoms with Crippen LogP contribution >= 0.6 is 0 Å². The Labute approximate surface area is 100 Å². The molecule has 98 valence electrons. The maximum atomic E-state index is 11.3. The Bertz CT molecular complexity index is 269. The molecule has 1 heterocycles. The van der Waals surface area contributed by atoms with E-state index in [1.165, 1.54) is 0 Å². The summed E-state index contributed by atoms with van der Waals surface area (Å²) in [5, 5.41) is 11.0. The first-order chi connectivity index (χ1) is 8.13. The van der Waals surface area contributed by atoms with Crippen LogP contribution in [0.2, 0.25) is 0 Å². The minimum absolute atomic E-state index is 0.212. The number of rotatable bonds is 7. The van der Waals surface area contributed by atoms with Crippen molar-refractivity contribution in [3.8, 4) is 0 Å². The minimum Gasteiger partial charge on any atom is -0.480 e. The summed E-state index contributed by atoms with van der Waals surface area (Å²) in [6.45, 7) is 2.71. The number of carboxylic acids is 1. The highest BCUT2D eigenvalue weighted by Crippen LogP contribution is 2.22. The molecule has 0 spiro atoms. The molecule has 1 aliphatic rings. The average molecular weight is 245 g/mol. The molecule has 1 aliphatic heterocycles. The van der Waals surface area contributed by atoms with Crippen molar-refractivity contribution >= 4 is 11.9 Å². The number of hydrogen-bond acceptors (Lipinski definition) is 4. The molecule has 2 N–H and O–H groups in total. The second-order valence-electron chi connectivity index (χ2n) is 4.06. The molecule has 6 heteroatoms. The summed E-state index contributed by atoms with van der Waals surface area (Å²) < 4.78 is 10.2. The van der Waals surface area contributed by atoms with Gasteiger partial charge >= 0.3 is 5.97 Å². The molecule has 0 aromatic rings. The van der Waals surface area contributed by atoms with Crippen LogP contribution in [0.25, 0.3) is 0 Å². The van der Waals surface area contributed by atoms with Crippen molar-refractivity contribution in [3.05, 3.63) is 0 Å². The number of amides is 1. The van der Waals surface area contributed by atoms with Crippen LogP contribution in [0.3, 0.4) is 0 Å². The van der Waals surface area contributed by atoms with Crippen LogP contribution in [0.1, 0.15) is 19.8 Å².